The Balaban J connectivity index is 1.93. The van der Waals surface area contributed by atoms with Crippen LogP contribution in [0.2, 0.25) is 0 Å². The number of likely N-dealkylation sites (tertiary alicyclic amines) is 1. The molecular weight excluding hydrogens is 232 g/mol. The molecule has 18 heavy (non-hydrogen) atoms. The van der Waals surface area contributed by atoms with E-state index in [0.717, 1.165) is 44.1 Å². The van der Waals surface area contributed by atoms with Crippen LogP contribution in [0.15, 0.2) is 0 Å². The fourth-order valence-corrected chi connectivity index (χ4v) is 2.50. The van der Waals surface area contributed by atoms with E-state index < -0.39 is 5.97 Å². The van der Waals surface area contributed by atoms with Gasteiger partial charge in [-0.15, -0.1) is 10.2 Å². The third-order valence-electron chi connectivity index (χ3n) is 3.61. The number of hydrogen-bond acceptors (Lipinski definition) is 4. The van der Waals surface area contributed by atoms with Gasteiger partial charge in [0, 0.05) is 20.0 Å². The van der Waals surface area contributed by atoms with Crippen LogP contribution < -0.4 is 0 Å². The fourth-order valence-electron chi connectivity index (χ4n) is 2.50. The van der Waals surface area contributed by atoms with Crippen LogP contribution in [0.25, 0.3) is 0 Å². The van der Waals surface area contributed by atoms with Gasteiger partial charge in [0.05, 0.1) is 6.54 Å². The molecule has 0 aromatic carbocycles. The molecule has 1 fully saturated rings. The molecule has 1 aromatic heterocycles. The highest BCUT2D eigenvalue weighted by Crippen LogP contribution is 2.20. The monoisotopic (exact) mass is 252 g/mol. The van der Waals surface area contributed by atoms with Gasteiger partial charge < -0.3 is 9.67 Å². The molecule has 1 aliphatic rings. The zero-order valence-corrected chi connectivity index (χ0v) is 11.0. The molecule has 1 unspecified atom stereocenters. The van der Waals surface area contributed by atoms with Crippen LogP contribution in [-0.4, -0.2) is 43.8 Å². The van der Waals surface area contributed by atoms with Gasteiger partial charge in [0.2, 0.25) is 0 Å². The van der Waals surface area contributed by atoms with Gasteiger partial charge in [-0.25, -0.2) is 0 Å². The van der Waals surface area contributed by atoms with Crippen molar-refractivity contribution in [3.05, 3.63) is 11.6 Å². The number of rotatable bonds is 4. The molecule has 2 rings (SSSR count). The summed E-state index contributed by atoms with van der Waals surface area (Å²) < 4.78 is 1.99. The van der Waals surface area contributed by atoms with Gasteiger partial charge in [0.15, 0.2) is 0 Å². The molecule has 0 radical (unpaired) electrons. The van der Waals surface area contributed by atoms with Crippen LogP contribution in [0.5, 0.6) is 0 Å². The first-order valence-corrected chi connectivity index (χ1v) is 6.35. The van der Waals surface area contributed by atoms with Crippen LogP contribution in [0, 0.1) is 12.8 Å². The fraction of sp³-hybridized carbons (Fsp3) is 0.750. The highest BCUT2D eigenvalue weighted by Gasteiger charge is 2.23. The second kappa shape index (κ2) is 5.48. The molecular formula is C12H20N4O2. The number of carboxylic acid groups (broad SMARTS) is 1. The molecule has 0 saturated carbocycles. The number of aliphatic carboxylic acids is 1. The summed E-state index contributed by atoms with van der Waals surface area (Å²) in [4.78, 5) is 13.0. The maximum atomic E-state index is 10.7. The number of aromatic nitrogens is 3. The largest absolute Gasteiger partial charge is 0.481 e. The van der Waals surface area contributed by atoms with Gasteiger partial charge in [0.1, 0.15) is 11.6 Å². The second-order valence-electron chi connectivity index (χ2n) is 5.06. The molecule has 2 heterocycles. The van der Waals surface area contributed by atoms with E-state index in [1.165, 1.54) is 0 Å². The van der Waals surface area contributed by atoms with Crippen LogP contribution in [-0.2, 0) is 18.4 Å². The zero-order chi connectivity index (χ0) is 13.1. The number of nitrogens with zero attached hydrogens (tertiary/aromatic N) is 4. The SMILES string of the molecule is Cc1nnc(CN2CCCC(CC(=O)O)C2)n1C. The van der Waals surface area contributed by atoms with Crippen molar-refractivity contribution in [2.24, 2.45) is 13.0 Å². The first kappa shape index (κ1) is 13.0. The Hall–Kier alpha value is -1.43. The minimum Gasteiger partial charge on any atom is -0.481 e. The summed E-state index contributed by atoms with van der Waals surface area (Å²) >= 11 is 0. The molecule has 6 nitrogen and oxygen atoms in total. The standard InChI is InChI=1S/C12H20N4O2/c1-9-13-14-11(15(9)2)8-16-5-3-4-10(7-16)6-12(17)18/h10H,3-8H2,1-2H3,(H,17,18). The molecule has 1 aromatic rings. The predicted octanol–water partition coefficient (Wildman–Crippen LogP) is 0.810. The summed E-state index contributed by atoms with van der Waals surface area (Å²) in [5.41, 5.74) is 0. The molecule has 100 valence electrons. The summed E-state index contributed by atoms with van der Waals surface area (Å²) in [5, 5.41) is 17.0. The molecule has 0 bridgehead atoms. The maximum absolute atomic E-state index is 10.7. The molecule has 1 N–H and O–H groups in total. The normalized spacial score (nSPS) is 21.1. The number of piperidine rings is 1. The van der Waals surface area contributed by atoms with E-state index in [1.54, 1.807) is 0 Å². The van der Waals surface area contributed by atoms with Crippen molar-refractivity contribution in [1.82, 2.24) is 19.7 Å². The smallest absolute Gasteiger partial charge is 0.303 e. The average Bonchev–Trinajstić information content (AvgIpc) is 2.61. The summed E-state index contributed by atoms with van der Waals surface area (Å²) in [6.07, 6.45) is 2.35. The minimum atomic E-state index is -0.698. The summed E-state index contributed by atoms with van der Waals surface area (Å²) in [7, 11) is 1.96. The second-order valence-corrected chi connectivity index (χ2v) is 5.06. The topological polar surface area (TPSA) is 71.2 Å². The van der Waals surface area contributed by atoms with Crippen LogP contribution >= 0.6 is 0 Å². The Morgan fingerprint density at radius 3 is 2.89 bits per heavy atom. The molecule has 0 spiro atoms. The van der Waals surface area contributed by atoms with Crippen molar-refractivity contribution >= 4 is 5.97 Å². The molecule has 1 aliphatic heterocycles. The third-order valence-corrected chi connectivity index (χ3v) is 3.61. The Morgan fingerprint density at radius 2 is 2.28 bits per heavy atom. The Bertz CT molecular complexity index is 430. The lowest BCUT2D eigenvalue weighted by Gasteiger charge is -2.31. The van der Waals surface area contributed by atoms with Crippen molar-refractivity contribution in [3.63, 3.8) is 0 Å². The minimum absolute atomic E-state index is 0.269. The number of aryl methyl sites for hydroxylation is 1. The van der Waals surface area contributed by atoms with E-state index in [-0.39, 0.29) is 12.3 Å². The van der Waals surface area contributed by atoms with Crippen molar-refractivity contribution in [2.75, 3.05) is 13.1 Å². The van der Waals surface area contributed by atoms with Crippen molar-refractivity contribution < 1.29 is 9.90 Å². The van der Waals surface area contributed by atoms with Crippen molar-refractivity contribution in [2.45, 2.75) is 32.7 Å². The highest BCUT2D eigenvalue weighted by molar-refractivity contribution is 5.67. The highest BCUT2D eigenvalue weighted by atomic mass is 16.4. The third kappa shape index (κ3) is 3.07. The van der Waals surface area contributed by atoms with E-state index >= 15 is 0 Å². The summed E-state index contributed by atoms with van der Waals surface area (Å²) in [6.45, 7) is 4.55. The van der Waals surface area contributed by atoms with Crippen molar-refractivity contribution in [1.29, 1.82) is 0 Å². The molecule has 1 saturated heterocycles. The molecule has 0 aliphatic carbocycles. The van der Waals surface area contributed by atoms with Crippen LogP contribution in [0.4, 0.5) is 0 Å². The number of carbonyl (C=O) groups is 1. The van der Waals surface area contributed by atoms with Gasteiger partial charge in [0.25, 0.3) is 0 Å². The molecule has 1 atom stereocenters. The zero-order valence-electron chi connectivity index (χ0n) is 11.0. The van der Waals surface area contributed by atoms with Gasteiger partial charge in [-0.3, -0.25) is 9.69 Å². The van der Waals surface area contributed by atoms with Gasteiger partial charge in [-0.2, -0.15) is 0 Å². The number of carboxylic acids is 1. The van der Waals surface area contributed by atoms with Gasteiger partial charge >= 0.3 is 5.97 Å². The van der Waals surface area contributed by atoms with Crippen LogP contribution in [0.3, 0.4) is 0 Å². The first-order chi connectivity index (χ1) is 8.56. The Kier molecular flexibility index (Phi) is 3.96. The lowest BCUT2D eigenvalue weighted by atomic mass is 9.95. The van der Waals surface area contributed by atoms with Gasteiger partial charge in [-0.1, -0.05) is 0 Å². The molecule has 0 amide bonds. The summed E-state index contributed by atoms with van der Waals surface area (Å²) in [6, 6.07) is 0. The van der Waals surface area contributed by atoms with E-state index in [0.29, 0.717) is 0 Å². The van der Waals surface area contributed by atoms with Gasteiger partial charge in [-0.05, 0) is 32.2 Å². The van der Waals surface area contributed by atoms with E-state index in [2.05, 4.69) is 15.1 Å². The lowest BCUT2D eigenvalue weighted by Crippen LogP contribution is -2.36. The molecule has 6 heteroatoms. The first-order valence-electron chi connectivity index (χ1n) is 6.35. The van der Waals surface area contributed by atoms with E-state index in [9.17, 15) is 4.79 Å². The Labute approximate surface area is 107 Å². The van der Waals surface area contributed by atoms with E-state index in [4.69, 9.17) is 5.11 Å². The van der Waals surface area contributed by atoms with E-state index in [1.807, 2.05) is 18.5 Å². The lowest BCUT2D eigenvalue weighted by molar-refractivity contribution is -0.138. The Morgan fingerprint density at radius 1 is 1.50 bits per heavy atom. The predicted molar refractivity (Wildman–Crippen MR) is 66.0 cm³/mol. The quantitative estimate of drug-likeness (QED) is 0.858. The maximum Gasteiger partial charge on any atom is 0.303 e. The summed E-state index contributed by atoms with van der Waals surface area (Å²) in [5.74, 6) is 1.43. The van der Waals surface area contributed by atoms with Crippen molar-refractivity contribution in [3.8, 4) is 0 Å². The number of hydrogen-bond donors (Lipinski definition) is 1. The van der Waals surface area contributed by atoms with Crippen LogP contribution in [0.1, 0.15) is 30.9 Å². The average molecular weight is 252 g/mol.